The zero-order chi connectivity index (χ0) is 33.9. The van der Waals surface area contributed by atoms with E-state index in [9.17, 15) is 0 Å². The van der Waals surface area contributed by atoms with Gasteiger partial charge in [-0.25, -0.2) is 0 Å². The molecule has 1 saturated carbocycles. The number of hydrogen-bond donors (Lipinski definition) is 0. The first-order chi connectivity index (χ1) is 25.2. The van der Waals surface area contributed by atoms with Gasteiger partial charge in [0.1, 0.15) is 35.1 Å². The molecule has 4 aliphatic rings. The number of benzene rings is 6. The van der Waals surface area contributed by atoms with E-state index in [1.54, 1.807) is 0 Å². The molecule has 10 rings (SSSR count). The summed E-state index contributed by atoms with van der Waals surface area (Å²) in [6.45, 7) is 0. The van der Waals surface area contributed by atoms with Crippen LogP contribution in [-0.4, -0.2) is 53.6 Å². The molecule has 0 bridgehead atoms. The maximum atomic E-state index is 7.22. The lowest BCUT2D eigenvalue weighted by atomic mass is 9.77. The lowest BCUT2D eigenvalue weighted by Crippen LogP contribution is -2.51. The summed E-state index contributed by atoms with van der Waals surface area (Å²) in [6.07, 6.45) is 2.79. The number of hydrogen-bond acceptors (Lipinski definition) is 3. The molecule has 6 aromatic carbocycles. The number of fused-ring (bicyclic) bond motifs is 6. The smallest absolute Gasteiger partial charge is 0.131 e. The van der Waals surface area contributed by atoms with Crippen molar-refractivity contribution in [2.75, 3.05) is 18.5 Å². The van der Waals surface area contributed by atoms with E-state index in [0.29, 0.717) is 0 Å². The fraction of sp³-hybridized carbons (Fsp3) is 0.200. The molecular formula is C45H39O3P3. The number of epoxide rings is 3. The van der Waals surface area contributed by atoms with Gasteiger partial charge >= 0.3 is 0 Å². The van der Waals surface area contributed by atoms with Gasteiger partial charge in [0.2, 0.25) is 0 Å². The molecule has 6 heteroatoms. The first kappa shape index (κ1) is 32.2. The zero-order valence-electron chi connectivity index (χ0n) is 28.2. The molecule has 0 N–H and O–H groups in total. The minimum absolute atomic E-state index is 0.00477. The van der Waals surface area contributed by atoms with Gasteiger partial charge in [-0.05, 0) is 55.6 Å². The molecule has 0 aromatic heterocycles. The summed E-state index contributed by atoms with van der Waals surface area (Å²) in [5.74, 6) is 0. The van der Waals surface area contributed by atoms with Crippen molar-refractivity contribution in [2.24, 2.45) is 0 Å². The van der Waals surface area contributed by atoms with Crippen molar-refractivity contribution >= 4 is 55.6 Å². The van der Waals surface area contributed by atoms with Gasteiger partial charge in [-0.3, -0.25) is 0 Å². The van der Waals surface area contributed by atoms with E-state index in [1.165, 1.54) is 31.8 Å². The highest BCUT2D eigenvalue weighted by Crippen LogP contribution is 2.77. The molecule has 0 atom stereocenters. The van der Waals surface area contributed by atoms with Crippen LogP contribution < -0.4 is 31.8 Å². The van der Waals surface area contributed by atoms with Gasteiger partial charge in [0.15, 0.2) is 0 Å². The second-order valence-electron chi connectivity index (χ2n) is 14.1. The summed E-state index contributed by atoms with van der Waals surface area (Å²) in [7, 11) is -2.08. The third-order valence-corrected chi connectivity index (χ3v) is 19.1. The van der Waals surface area contributed by atoms with Gasteiger partial charge in [0.25, 0.3) is 0 Å². The van der Waals surface area contributed by atoms with E-state index in [1.807, 2.05) is 0 Å². The third kappa shape index (κ3) is 5.57. The fourth-order valence-corrected chi connectivity index (χ4v) is 16.6. The summed E-state index contributed by atoms with van der Waals surface area (Å²) in [5.41, 5.74) is -1.19. The molecule has 51 heavy (non-hydrogen) atoms. The van der Waals surface area contributed by atoms with Crippen LogP contribution in [0.1, 0.15) is 0 Å². The quantitative estimate of drug-likeness (QED) is 0.103. The van der Waals surface area contributed by atoms with Gasteiger partial charge < -0.3 is 14.2 Å². The molecule has 0 amide bonds. The summed E-state index contributed by atoms with van der Waals surface area (Å²) < 4.78 is 21.7. The maximum absolute atomic E-state index is 7.22. The first-order valence-corrected chi connectivity index (χ1v) is 22.4. The van der Waals surface area contributed by atoms with Gasteiger partial charge in [-0.15, -0.1) is 0 Å². The third-order valence-electron chi connectivity index (χ3n) is 11.1. The normalized spacial score (nSPS) is 28.2. The van der Waals surface area contributed by atoms with Crippen LogP contribution in [0.15, 0.2) is 182 Å². The van der Waals surface area contributed by atoms with Crippen LogP contribution in [0.5, 0.6) is 0 Å². The predicted molar refractivity (Wildman–Crippen MR) is 215 cm³/mol. The second-order valence-corrected chi connectivity index (χ2v) is 20.7. The molecule has 4 fully saturated rings. The molecule has 252 valence electrons. The predicted octanol–water partition coefficient (Wildman–Crippen LogP) is 6.81. The SMILES string of the molecule is c1ccc(P(CC23OC2C2(CP(c4ccccc4)c4ccccc4)OC2C2(CP(c4ccccc4)c4ccccc4)OC32)c2ccccc2)cc1. The number of ether oxygens (including phenoxy) is 3. The van der Waals surface area contributed by atoms with Crippen LogP contribution in [0.25, 0.3) is 0 Å². The van der Waals surface area contributed by atoms with Gasteiger partial charge in [-0.1, -0.05) is 182 Å². The summed E-state index contributed by atoms with van der Waals surface area (Å²) in [6, 6.07) is 66.5. The Morgan fingerprint density at radius 3 is 0.647 bits per heavy atom. The summed E-state index contributed by atoms with van der Waals surface area (Å²) >= 11 is 0. The van der Waals surface area contributed by atoms with Gasteiger partial charge in [0, 0.05) is 18.5 Å². The van der Waals surface area contributed by atoms with Crippen LogP contribution in [0.2, 0.25) is 0 Å². The first-order valence-electron chi connectivity index (χ1n) is 17.9. The lowest BCUT2D eigenvalue weighted by molar-refractivity contribution is 0.232. The van der Waals surface area contributed by atoms with Crippen LogP contribution in [0.4, 0.5) is 0 Å². The van der Waals surface area contributed by atoms with Crippen molar-refractivity contribution in [3.8, 4) is 0 Å². The van der Waals surface area contributed by atoms with E-state index < -0.39 is 40.6 Å². The Bertz CT molecular complexity index is 1730. The van der Waals surface area contributed by atoms with E-state index >= 15 is 0 Å². The average molecular weight is 721 g/mol. The van der Waals surface area contributed by atoms with E-state index in [4.69, 9.17) is 14.2 Å². The highest BCUT2D eigenvalue weighted by Gasteiger charge is 2.95. The van der Waals surface area contributed by atoms with Crippen molar-refractivity contribution in [2.45, 2.75) is 35.1 Å². The van der Waals surface area contributed by atoms with Crippen molar-refractivity contribution in [1.29, 1.82) is 0 Å². The Morgan fingerprint density at radius 1 is 0.294 bits per heavy atom. The van der Waals surface area contributed by atoms with Crippen LogP contribution in [0, 0.1) is 0 Å². The van der Waals surface area contributed by atoms with Crippen molar-refractivity contribution in [1.82, 2.24) is 0 Å². The molecule has 0 spiro atoms. The Kier molecular flexibility index (Phi) is 8.11. The molecule has 3 nitrogen and oxygen atoms in total. The molecule has 3 aliphatic heterocycles. The Morgan fingerprint density at radius 2 is 0.471 bits per heavy atom. The van der Waals surface area contributed by atoms with Crippen LogP contribution >= 0.6 is 23.8 Å². The second kappa shape index (κ2) is 12.9. The average Bonchev–Trinajstić information content (AvgIpc) is 4.14. The van der Waals surface area contributed by atoms with Gasteiger partial charge in [0.05, 0.1) is 0 Å². The zero-order valence-corrected chi connectivity index (χ0v) is 30.9. The van der Waals surface area contributed by atoms with E-state index in [0.717, 1.165) is 18.5 Å². The Hall–Kier alpha value is -3.51. The Balaban J connectivity index is 1.08. The molecule has 0 unspecified atom stereocenters. The fourth-order valence-electron chi connectivity index (χ4n) is 8.69. The molecule has 3 heterocycles. The van der Waals surface area contributed by atoms with E-state index in [2.05, 4.69) is 182 Å². The molecule has 6 aromatic rings. The largest absolute Gasteiger partial charge is 0.359 e. The lowest BCUT2D eigenvalue weighted by Gasteiger charge is -2.30. The van der Waals surface area contributed by atoms with Crippen molar-refractivity contribution < 1.29 is 14.2 Å². The molecule has 3 saturated heterocycles. The summed E-state index contributed by atoms with van der Waals surface area (Å²) in [5, 5.41) is 8.30. The van der Waals surface area contributed by atoms with Crippen molar-refractivity contribution in [3.63, 3.8) is 0 Å². The topological polar surface area (TPSA) is 37.6 Å². The van der Waals surface area contributed by atoms with Crippen molar-refractivity contribution in [3.05, 3.63) is 182 Å². The highest BCUT2D eigenvalue weighted by atomic mass is 31.1. The maximum Gasteiger partial charge on any atom is 0.131 e. The minimum atomic E-state index is -0.692. The monoisotopic (exact) mass is 720 g/mol. The van der Waals surface area contributed by atoms with Crippen LogP contribution in [-0.2, 0) is 14.2 Å². The standard InChI is InChI=1S/C45H39O3P3/c1-7-19-34(20-8-1)49(35-21-9-2-10-22-35)31-43-40(46-43)44(32-50(36-23-11-3-12-24-36)37-25-13-4-14-26-37)42(48-44)45(41(43)47-45)33-51(38-27-15-5-16-28-38)39-29-17-6-18-30-39/h1-30,40-42H,31-33H2. The van der Waals surface area contributed by atoms with Gasteiger partial charge in [-0.2, -0.15) is 0 Å². The molecular weight excluding hydrogens is 681 g/mol. The highest BCUT2D eigenvalue weighted by molar-refractivity contribution is 7.74. The number of rotatable bonds is 12. The Labute approximate surface area is 304 Å². The molecule has 1 aliphatic carbocycles. The van der Waals surface area contributed by atoms with E-state index in [-0.39, 0.29) is 18.3 Å². The minimum Gasteiger partial charge on any atom is -0.359 e. The van der Waals surface area contributed by atoms with Crippen LogP contribution in [0.3, 0.4) is 0 Å². The molecule has 0 radical (unpaired) electrons. The summed E-state index contributed by atoms with van der Waals surface area (Å²) in [4.78, 5) is 0.